The number of hydrogen-bond donors (Lipinski definition) is 2. The molecule has 2 aliphatic heterocycles. The molecule has 0 aliphatic carbocycles. The molecule has 2 rings (SSSR count). The predicted molar refractivity (Wildman–Crippen MR) is 49.8 cm³/mol. The van der Waals surface area contributed by atoms with Crippen LogP contribution in [0.15, 0.2) is 0 Å². The van der Waals surface area contributed by atoms with E-state index < -0.39 is 0 Å². The zero-order chi connectivity index (χ0) is 7.84. The molecule has 4 atom stereocenters. The second-order valence-electron chi connectivity index (χ2n) is 3.70. The van der Waals surface area contributed by atoms with Gasteiger partial charge in [-0.3, -0.25) is 0 Å². The van der Waals surface area contributed by atoms with E-state index in [0.29, 0.717) is 23.4 Å². The summed E-state index contributed by atoms with van der Waals surface area (Å²) in [6.45, 7) is 2.24. The van der Waals surface area contributed by atoms with Gasteiger partial charge in [-0.2, -0.15) is 11.8 Å². The van der Waals surface area contributed by atoms with Gasteiger partial charge in [-0.15, -0.1) is 0 Å². The first-order chi connectivity index (χ1) is 5.27. The van der Waals surface area contributed by atoms with Gasteiger partial charge < -0.3 is 11.1 Å². The third kappa shape index (κ3) is 1.42. The maximum atomic E-state index is 6.05. The molecule has 64 valence electrons. The van der Waals surface area contributed by atoms with Crippen LogP contribution in [-0.4, -0.2) is 29.1 Å². The Morgan fingerprint density at radius 2 is 2.36 bits per heavy atom. The van der Waals surface area contributed by atoms with E-state index in [0.717, 1.165) is 6.42 Å². The fraction of sp³-hybridized carbons (Fsp3) is 1.00. The lowest BCUT2D eigenvalue weighted by molar-refractivity contribution is 0.318. The van der Waals surface area contributed by atoms with Gasteiger partial charge in [0.25, 0.3) is 0 Å². The van der Waals surface area contributed by atoms with Crippen molar-refractivity contribution >= 4 is 11.8 Å². The van der Waals surface area contributed by atoms with Crippen LogP contribution < -0.4 is 11.1 Å². The number of piperidine rings is 1. The molecular weight excluding hydrogens is 156 g/mol. The Balaban J connectivity index is 2.04. The van der Waals surface area contributed by atoms with Crippen molar-refractivity contribution in [3.63, 3.8) is 0 Å². The smallest absolute Gasteiger partial charge is 0.0353 e. The van der Waals surface area contributed by atoms with Gasteiger partial charge in [-0.05, 0) is 25.5 Å². The minimum absolute atomic E-state index is 0.434. The van der Waals surface area contributed by atoms with E-state index in [4.69, 9.17) is 5.73 Å². The summed E-state index contributed by atoms with van der Waals surface area (Å²) < 4.78 is 0. The number of rotatable bonds is 0. The molecule has 2 fully saturated rings. The van der Waals surface area contributed by atoms with Crippen molar-refractivity contribution in [3.05, 3.63) is 0 Å². The largest absolute Gasteiger partial charge is 0.327 e. The van der Waals surface area contributed by atoms with Crippen LogP contribution in [0.2, 0.25) is 0 Å². The number of hydrogen-bond acceptors (Lipinski definition) is 3. The molecule has 3 N–H and O–H groups in total. The molecule has 0 saturated carbocycles. The van der Waals surface area contributed by atoms with E-state index in [1.54, 1.807) is 0 Å². The fourth-order valence-corrected chi connectivity index (χ4v) is 3.65. The summed E-state index contributed by atoms with van der Waals surface area (Å²) in [6, 6.07) is 1.77. The lowest BCUT2D eigenvalue weighted by Gasteiger charge is -2.35. The van der Waals surface area contributed by atoms with E-state index in [1.807, 2.05) is 11.8 Å². The second kappa shape index (κ2) is 2.96. The zero-order valence-electron chi connectivity index (χ0n) is 6.92. The minimum atomic E-state index is 0.434. The van der Waals surface area contributed by atoms with Gasteiger partial charge in [-0.1, -0.05) is 0 Å². The van der Waals surface area contributed by atoms with Crippen molar-refractivity contribution in [3.8, 4) is 0 Å². The summed E-state index contributed by atoms with van der Waals surface area (Å²) in [5.74, 6) is 1.29. The van der Waals surface area contributed by atoms with Gasteiger partial charge in [0.2, 0.25) is 0 Å². The summed E-state index contributed by atoms with van der Waals surface area (Å²) >= 11 is 2.05. The van der Waals surface area contributed by atoms with Crippen LogP contribution in [0.25, 0.3) is 0 Å². The van der Waals surface area contributed by atoms with E-state index in [1.165, 1.54) is 12.2 Å². The molecule has 11 heavy (non-hydrogen) atoms. The number of nitrogens with two attached hydrogens (primary N) is 1. The van der Waals surface area contributed by atoms with E-state index >= 15 is 0 Å². The highest BCUT2D eigenvalue weighted by molar-refractivity contribution is 8.00. The predicted octanol–water partition coefficient (Wildman–Crippen LogP) is 0.570. The van der Waals surface area contributed by atoms with Crippen LogP contribution in [0, 0.1) is 0 Å². The highest BCUT2D eigenvalue weighted by Crippen LogP contribution is 2.33. The van der Waals surface area contributed by atoms with E-state index in [2.05, 4.69) is 12.2 Å². The highest BCUT2D eigenvalue weighted by atomic mass is 32.2. The molecule has 3 heteroatoms. The molecule has 2 nitrogen and oxygen atoms in total. The maximum absolute atomic E-state index is 6.05. The monoisotopic (exact) mass is 172 g/mol. The fourth-order valence-electron chi connectivity index (χ4n) is 2.19. The van der Waals surface area contributed by atoms with Gasteiger partial charge in [0, 0.05) is 23.4 Å². The normalized spacial score (nSPS) is 50.7. The molecule has 0 spiro atoms. The van der Waals surface area contributed by atoms with E-state index in [9.17, 15) is 0 Å². The Kier molecular flexibility index (Phi) is 2.12. The first kappa shape index (κ1) is 7.90. The lowest BCUT2D eigenvalue weighted by atomic mass is 9.93. The van der Waals surface area contributed by atoms with Crippen molar-refractivity contribution in [2.45, 2.75) is 43.1 Å². The lowest BCUT2D eigenvalue weighted by Crippen LogP contribution is -2.55. The first-order valence-corrected chi connectivity index (χ1v) is 5.45. The quantitative estimate of drug-likeness (QED) is 0.561. The Morgan fingerprint density at radius 1 is 1.55 bits per heavy atom. The molecule has 2 saturated heterocycles. The molecule has 4 unspecified atom stereocenters. The van der Waals surface area contributed by atoms with Crippen molar-refractivity contribution in [2.75, 3.05) is 5.75 Å². The molecule has 0 aromatic carbocycles. The SMILES string of the molecule is CC1CC(N)C2SCCC2N1. The van der Waals surface area contributed by atoms with Crippen LogP contribution >= 0.6 is 11.8 Å². The topological polar surface area (TPSA) is 38.0 Å². The summed E-state index contributed by atoms with van der Waals surface area (Å²) in [6.07, 6.45) is 2.46. The van der Waals surface area contributed by atoms with Gasteiger partial charge in [0.05, 0.1) is 0 Å². The third-order valence-corrected chi connectivity index (χ3v) is 4.22. The summed E-state index contributed by atoms with van der Waals surface area (Å²) in [4.78, 5) is 0. The van der Waals surface area contributed by atoms with E-state index in [-0.39, 0.29) is 0 Å². The van der Waals surface area contributed by atoms with Gasteiger partial charge in [0.1, 0.15) is 0 Å². The molecular formula is C8H16N2S. The summed E-state index contributed by atoms with van der Waals surface area (Å²) in [5.41, 5.74) is 6.05. The summed E-state index contributed by atoms with van der Waals surface area (Å²) in [5, 5.41) is 4.31. The Hall–Kier alpha value is 0.270. The molecule has 0 aromatic heterocycles. The van der Waals surface area contributed by atoms with Crippen molar-refractivity contribution in [1.82, 2.24) is 5.32 Å². The molecule has 0 bridgehead atoms. The van der Waals surface area contributed by atoms with Gasteiger partial charge in [0.15, 0.2) is 0 Å². The number of thioether (sulfide) groups is 1. The number of nitrogens with one attached hydrogen (secondary N) is 1. The summed E-state index contributed by atoms with van der Waals surface area (Å²) in [7, 11) is 0. The van der Waals surface area contributed by atoms with Crippen molar-refractivity contribution < 1.29 is 0 Å². The average Bonchev–Trinajstić information content (AvgIpc) is 2.34. The van der Waals surface area contributed by atoms with Crippen LogP contribution in [-0.2, 0) is 0 Å². The zero-order valence-corrected chi connectivity index (χ0v) is 7.73. The molecule has 2 heterocycles. The Morgan fingerprint density at radius 3 is 3.18 bits per heavy atom. The van der Waals surface area contributed by atoms with Crippen molar-refractivity contribution in [1.29, 1.82) is 0 Å². The van der Waals surface area contributed by atoms with Crippen LogP contribution in [0.1, 0.15) is 19.8 Å². The average molecular weight is 172 g/mol. The number of fused-ring (bicyclic) bond motifs is 1. The van der Waals surface area contributed by atoms with Gasteiger partial charge >= 0.3 is 0 Å². The van der Waals surface area contributed by atoms with Crippen LogP contribution in [0.3, 0.4) is 0 Å². The third-order valence-electron chi connectivity index (χ3n) is 2.68. The van der Waals surface area contributed by atoms with Crippen LogP contribution in [0.5, 0.6) is 0 Å². The molecule has 0 radical (unpaired) electrons. The maximum Gasteiger partial charge on any atom is 0.0353 e. The molecule has 0 aromatic rings. The Bertz CT molecular complexity index is 151. The molecule has 0 amide bonds. The Labute approximate surface area is 72.3 Å². The second-order valence-corrected chi connectivity index (χ2v) is 4.98. The first-order valence-electron chi connectivity index (χ1n) is 4.40. The minimum Gasteiger partial charge on any atom is -0.327 e. The van der Waals surface area contributed by atoms with Crippen LogP contribution in [0.4, 0.5) is 0 Å². The van der Waals surface area contributed by atoms with Gasteiger partial charge in [-0.25, -0.2) is 0 Å². The highest BCUT2D eigenvalue weighted by Gasteiger charge is 2.37. The standard InChI is InChI=1S/C8H16N2S/c1-5-4-6(9)8-7(10-5)2-3-11-8/h5-8,10H,2-4,9H2,1H3. The molecule has 2 aliphatic rings. The van der Waals surface area contributed by atoms with Crippen molar-refractivity contribution in [2.24, 2.45) is 5.73 Å².